The molecule has 11 heteroatoms. The minimum Gasteiger partial charge on any atom is -0.493 e. The lowest BCUT2D eigenvalue weighted by molar-refractivity contribution is -0.116. The van der Waals surface area contributed by atoms with Crippen LogP contribution in [-0.4, -0.2) is 72.4 Å². The van der Waals surface area contributed by atoms with E-state index in [1.54, 1.807) is 37.2 Å². The van der Waals surface area contributed by atoms with Crippen LogP contribution in [0.2, 0.25) is 0 Å². The second-order valence-corrected chi connectivity index (χ2v) is 7.80. The Labute approximate surface area is 203 Å². The lowest BCUT2D eigenvalue weighted by Crippen LogP contribution is -2.25. The van der Waals surface area contributed by atoms with E-state index in [0.29, 0.717) is 55.2 Å². The van der Waals surface area contributed by atoms with Crippen molar-refractivity contribution in [3.05, 3.63) is 36.0 Å². The van der Waals surface area contributed by atoms with E-state index in [2.05, 4.69) is 25.7 Å². The molecule has 0 radical (unpaired) electrons. The van der Waals surface area contributed by atoms with Gasteiger partial charge in [-0.2, -0.15) is 5.10 Å². The first-order chi connectivity index (χ1) is 16.6. The second kappa shape index (κ2) is 12.8. The van der Waals surface area contributed by atoms with Crippen molar-refractivity contribution < 1.29 is 19.0 Å². The van der Waals surface area contributed by atoms with Crippen molar-refractivity contribution in [2.24, 2.45) is 0 Å². The summed E-state index contributed by atoms with van der Waals surface area (Å²) in [7, 11) is 3.15. The molecular weight excluding hydrogens is 456 g/mol. The number of anilines is 1. The Bertz CT molecular complexity index is 1130. The molecule has 0 atom stereocenters. The van der Waals surface area contributed by atoms with Crippen LogP contribution in [0.3, 0.4) is 0 Å². The first kappa shape index (κ1) is 25.3. The minimum absolute atomic E-state index is 0.205. The molecule has 0 fully saturated rings. The molecule has 34 heavy (non-hydrogen) atoms. The average molecular weight is 487 g/mol. The van der Waals surface area contributed by atoms with E-state index in [4.69, 9.17) is 14.2 Å². The van der Waals surface area contributed by atoms with E-state index >= 15 is 0 Å². The smallest absolute Gasteiger partial charge is 0.244 e. The number of aromatic nitrogens is 4. The van der Waals surface area contributed by atoms with Gasteiger partial charge in [0.2, 0.25) is 5.91 Å². The molecule has 0 aliphatic heterocycles. The Balaban J connectivity index is 1.60. The van der Waals surface area contributed by atoms with Crippen LogP contribution in [0.1, 0.15) is 12.5 Å². The van der Waals surface area contributed by atoms with Crippen LogP contribution in [0.25, 0.3) is 17.1 Å². The van der Waals surface area contributed by atoms with Crippen molar-refractivity contribution in [1.82, 2.24) is 25.1 Å². The van der Waals surface area contributed by atoms with Crippen LogP contribution in [0.4, 0.5) is 5.82 Å². The Morgan fingerprint density at radius 3 is 2.74 bits per heavy atom. The van der Waals surface area contributed by atoms with Crippen molar-refractivity contribution in [2.45, 2.75) is 18.6 Å². The molecule has 2 N–H and O–H groups in total. The summed E-state index contributed by atoms with van der Waals surface area (Å²) >= 11 is 1.46. The number of benzene rings is 1. The molecule has 0 aliphatic rings. The highest BCUT2D eigenvalue weighted by atomic mass is 32.2. The summed E-state index contributed by atoms with van der Waals surface area (Å²) < 4.78 is 17.7. The number of nitrogens with one attached hydrogen (secondary N) is 2. The Kier molecular flexibility index (Phi) is 9.53. The number of carbonyl (C=O) groups is 1. The number of hydrogen-bond acceptors (Lipinski definition) is 9. The van der Waals surface area contributed by atoms with E-state index in [-0.39, 0.29) is 5.91 Å². The summed E-state index contributed by atoms with van der Waals surface area (Å²) in [5, 5.41) is 12.1. The molecular formula is C23H30N6O4S. The van der Waals surface area contributed by atoms with E-state index in [0.717, 1.165) is 16.8 Å². The van der Waals surface area contributed by atoms with Gasteiger partial charge in [0.05, 0.1) is 39.0 Å². The quantitative estimate of drug-likeness (QED) is 0.163. The molecule has 0 bridgehead atoms. The number of ether oxygens (including phenoxy) is 3. The molecule has 1 amide bonds. The van der Waals surface area contributed by atoms with Crippen LogP contribution >= 0.6 is 11.8 Å². The van der Waals surface area contributed by atoms with Gasteiger partial charge in [0.25, 0.3) is 0 Å². The summed E-state index contributed by atoms with van der Waals surface area (Å²) in [6.07, 6.45) is 6.87. The number of thioether (sulfide) groups is 1. The highest BCUT2D eigenvalue weighted by Gasteiger charge is 2.13. The van der Waals surface area contributed by atoms with Gasteiger partial charge in [0.1, 0.15) is 5.82 Å². The van der Waals surface area contributed by atoms with E-state index < -0.39 is 0 Å². The van der Waals surface area contributed by atoms with Crippen LogP contribution < -0.4 is 20.1 Å². The number of rotatable bonds is 13. The first-order valence-electron chi connectivity index (χ1n) is 10.9. The molecule has 0 aliphatic carbocycles. The first-order valence-corrected chi connectivity index (χ1v) is 12.1. The predicted molar refractivity (Wildman–Crippen MR) is 134 cm³/mol. The maximum Gasteiger partial charge on any atom is 0.244 e. The van der Waals surface area contributed by atoms with E-state index in [1.165, 1.54) is 17.8 Å². The van der Waals surface area contributed by atoms with Crippen LogP contribution in [0.15, 0.2) is 35.6 Å². The number of carbonyl (C=O) groups excluding carboxylic acids is 1. The zero-order chi connectivity index (χ0) is 24.3. The van der Waals surface area contributed by atoms with Crippen LogP contribution in [0, 0.1) is 0 Å². The maximum absolute atomic E-state index is 12.3. The molecule has 1 aromatic carbocycles. The van der Waals surface area contributed by atoms with Gasteiger partial charge in [-0.15, -0.1) is 0 Å². The molecule has 10 nitrogen and oxygen atoms in total. The molecule has 0 saturated carbocycles. The van der Waals surface area contributed by atoms with Gasteiger partial charge in [-0.1, -0.05) is 17.8 Å². The molecule has 182 valence electrons. The summed E-state index contributed by atoms with van der Waals surface area (Å²) in [6.45, 7) is 4.74. The summed E-state index contributed by atoms with van der Waals surface area (Å²) in [5.74, 6) is 1.76. The standard InChI is InChI=1S/C23H30N6O4S/c1-5-33-13-11-25-21-17-15-26-29(22(17)28-23(27-21)34-4)12-10-24-20(30)9-7-16-6-8-18(31-2)19(14-16)32-3/h6-9,14-15H,5,10-13H2,1-4H3,(H,24,30)(H,25,27,28)/b9-7-. The fourth-order valence-corrected chi connectivity index (χ4v) is 3.54. The SMILES string of the molecule is CCOCCNc1nc(SC)nc2c1cnn2CCNC(=O)/C=C\c1ccc(OC)c(OC)c1. The lowest BCUT2D eigenvalue weighted by atomic mass is 10.2. The third-order valence-corrected chi connectivity index (χ3v) is 5.41. The summed E-state index contributed by atoms with van der Waals surface area (Å²) in [4.78, 5) is 21.4. The van der Waals surface area contributed by atoms with Gasteiger partial charge in [-0.05, 0) is 37.0 Å². The number of fused-ring (bicyclic) bond motifs is 1. The van der Waals surface area contributed by atoms with Crippen molar-refractivity contribution in [3.8, 4) is 11.5 Å². The van der Waals surface area contributed by atoms with Crippen molar-refractivity contribution in [3.63, 3.8) is 0 Å². The van der Waals surface area contributed by atoms with Crippen LogP contribution in [-0.2, 0) is 16.1 Å². The number of amides is 1. The van der Waals surface area contributed by atoms with Gasteiger partial charge >= 0.3 is 0 Å². The predicted octanol–water partition coefficient (Wildman–Crippen LogP) is 2.84. The molecule has 0 unspecified atom stereocenters. The van der Waals surface area contributed by atoms with E-state index in [1.807, 2.05) is 25.3 Å². The highest BCUT2D eigenvalue weighted by Crippen LogP contribution is 2.28. The van der Waals surface area contributed by atoms with Gasteiger partial charge < -0.3 is 24.8 Å². The number of hydrogen-bond donors (Lipinski definition) is 2. The number of nitrogens with zero attached hydrogens (tertiary/aromatic N) is 4. The molecule has 3 rings (SSSR count). The molecule has 0 saturated heterocycles. The van der Waals surface area contributed by atoms with Crippen molar-refractivity contribution in [1.29, 1.82) is 0 Å². The van der Waals surface area contributed by atoms with E-state index in [9.17, 15) is 4.79 Å². The molecule has 2 aromatic heterocycles. The molecule has 0 spiro atoms. The van der Waals surface area contributed by atoms with Crippen molar-refractivity contribution in [2.75, 3.05) is 52.1 Å². The van der Waals surface area contributed by atoms with Gasteiger partial charge in [-0.25, -0.2) is 14.6 Å². The van der Waals surface area contributed by atoms with Gasteiger partial charge in [0.15, 0.2) is 22.3 Å². The lowest BCUT2D eigenvalue weighted by Gasteiger charge is -2.09. The topological polar surface area (TPSA) is 112 Å². The Hall–Kier alpha value is -3.31. The van der Waals surface area contributed by atoms with Crippen LogP contribution in [0.5, 0.6) is 11.5 Å². The highest BCUT2D eigenvalue weighted by molar-refractivity contribution is 7.98. The van der Waals surface area contributed by atoms with Gasteiger partial charge in [0, 0.05) is 25.8 Å². The fourth-order valence-electron chi connectivity index (χ4n) is 3.18. The maximum atomic E-state index is 12.3. The third kappa shape index (κ3) is 6.61. The normalized spacial score (nSPS) is 11.2. The summed E-state index contributed by atoms with van der Waals surface area (Å²) in [6, 6.07) is 5.45. The average Bonchev–Trinajstić information content (AvgIpc) is 3.27. The third-order valence-electron chi connectivity index (χ3n) is 4.86. The zero-order valence-electron chi connectivity index (χ0n) is 19.8. The largest absolute Gasteiger partial charge is 0.493 e. The fraction of sp³-hybridized carbons (Fsp3) is 0.391. The monoisotopic (exact) mass is 486 g/mol. The summed E-state index contributed by atoms with van der Waals surface area (Å²) in [5.41, 5.74) is 1.55. The van der Waals surface area contributed by atoms with Crippen molar-refractivity contribution >= 4 is 40.6 Å². The molecule has 2 heterocycles. The Morgan fingerprint density at radius 1 is 1.18 bits per heavy atom. The molecule has 3 aromatic rings. The second-order valence-electron chi connectivity index (χ2n) is 7.03. The Morgan fingerprint density at radius 2 is 2.00 bits per heavy atom. The zero-order valence-corrected chi connectivity index (χ0v) is 20.6. The van der Waals surface area contributed by atoms with Gasteiger partial charge in [-0.3, -0.25) is 4.79 Å². The minimum atomic E-state index is -0.205. The number of methoxy groups -OCH3 is 2.